The van der Waals surface area contributed by atoms with E-state index in [-0.39, 0.29) is 12.5 Å². The van der Waals surface area contributed by atoms with Crippen molar-refractivity contribution in [2.75, 3.05) is 6.61 Å². The maximum absolute atomic E-state index is 11.7. The van der Waals surface area contributed by atoms with E-state index >= 15 is 0 Å². The first-order chi connectivity index (χ1) is 10.7. The molecule has 1 amide bonds. The van der Waals surface area contributed by atoms with E-state index in [1.54, 1.807) is 0 Å². The number of hydrogen-bond acceptors (Lipinski definition) is 3. The van der Waals surface area contributed by atoms with Crippen molar-refractivity contribution in [3.05, 3.63) is 0 Å². The molecule has 2 atom stereocenters. The third-order valence-electron chi connectivity index (χ3n) is 4.12. The second kappa shape index (κ2) is 15.3. The van der Waals surface area contributed by atoms with Gasteiger partial charge in [0.2, 0.25) is 5.91 Å². The lowest BCUT2D eigenvalue weighted by Crippen LogP contribution is -2.45. The standard InChI is InChI=1S/C18H37NO3/c1-3-5-7-8-9-10-12-13-17(21)16(15-20)19-18(22)14-11-6-4-2/h16-17,20-21H,3-15H2,1-2H3,(H,19,22)/t16-,17-/m0/s1. The van der Waals surface area contributed by atoms with Crippen LogP contribution in [0.5, 0.6) is 0 Å². The maximum Gasteiger partial charge on any atom is 0.220 e. The van der Waals surface area contributed by atoms with Crippen LogP contribution < -0.4 is 5.32 Å². The molecule has 0 radical (unpaired) electrons. The van der Waals surface area contributed by atoms with Gasteiger partial charge in [0.15, 0.2) is 0 Å². The molecule has 0 aliphatic heterocycles. The molecule has 0 spiro atoms. The molecule has 4 heteroatoms. The molecule has 0 aromatic carbocycles. The summed E-state index contributed by atoms with van der Waals surface area (Å²) < 4.78 is 0. The van der Waals surface area contributed by atoms with Gasteiger partial charge in [-0.2, -0.15) is 0 Å². The van der Waals surface area contributed by atoms with Crippen molar-refractivity contribution in [1.29, 1.82) is 0 Å². The van der Waals surface area contributed by atoms with Crippen LogP contribution in [0.15, 0.2) is 0 Å². The summed E-state index contributed by atoms with van der Waals surface area (Å²) in [5, 5.41) is 22.2. The first kappa shape index (κ1) is 21.4. The van der Waals surface area contributed by atoms with Crippen LogP contribution in [0.3, 0.4) is 0 Å². The van der Waals surface area contributed by atoms with Gasteiger partial charge in [0.05, 0.1) is 18.8 Å². The number of nitrogens with one attached hydrogen (secondary N) is 1. The summed E-state index contributed by atoms with van der Waals surface area (Å²) in [6, 6.07) is -0.519. The fraction of sp³-hybridized carbons (Fsp3) is 0.944. The van der Waals surface area contributed by atoms with Crippen molar-refractivity contribution in [2.45, 2.75) is 103 Å². The molecule has 0 heterocycles. The lowest BCUT2D eigenvalue weighted by Gasteiger charge is -2.22. The number of carbonyl (C=O) groups is 1. The molecule has 4 nitrogen and oxygen atoms in total. The highest BCUT2D eigenvalue weighted by atomic mass is 16.3. The highest BCUT2D eigenvalue weighted by Crippen LogP contribution is 2.11. The Hall–Kier alpha value is -0.610. The maximum atomic E-state index is 11.7. The highest BCUT2D eigenvalue weighted by Gasteiger charge is 2.19. The van der Waals surface area contributed by atoms with Crippen LogP contribution in [0.2, 0.25) is 0 Å². The van der Waals surface area contributed by atoms with Gasteiger partial charge in [-0.15, -0.1) is 0 Å². The van der Waals surface area contributed by atoms with Gasteiger partial charge in [0.1, 0.15) is 0 Å². The summed E-state index contributed by atoms with van der Waals surface area (Å²) in [6.07, 6.45) is 11.9. The lowest BCUT2D eigenvalue weighted by molar-refractivity contribution is -0.123. The van der Waals surface area contributed by atoms with Crippen LogP contribution in [-0.2, 0) is 4.79 Å². The fourth-order valence-electron chi connectivity index (χ4n) is 2.59. The van der Waals surface area contributed by atoms with Crippen molar-refractivity contribution in [3.63, 3.8) is 0 Å². The summed E-state index contributed by atoms with van der Waals surface area (Å²) >= 11 is 0. The number of aliphatic hydroxyl groups is 2. The van der Waals surface area contributed by atoms with Gasteiger partial charge < -0.3 is 15.5 Å². The summed E-state index contributed by atoms with van der Waals surface area (Å²) in [7, 11) is 0. The minimum Gasteiger partial charge on any atom is -0.394 e. The molecule has 0 saturated carbocycles. The van der Waals surface area contributed by atoms with E-state index in [0.29, 0.717) is 12.8 Å². The number of amides is 1. The summed E-state index contributed by atoms with van der Waals surface area (Å²) in [5.74, 6) is -0.0638. The number of carbonyl (C=O) groups excluding carboxylic acids is 1. The Morgan fingerprint density at radius 2 is 1.45 bits per heavy atom. The normalized spacial score (nSPS) is 13.8. The van der Waals surface area contributed by atoms with E-state index in [2.05, 4.69) is 19.2 Å². The van der Waals surface area contributed by atoms with Crippen molar-refractivity contribution < 1.29 is 15.0 Å². The van der Waals surface area contributed by atoms with Gasteiger partial charge in [-0.3, -0.25) is 4.79 Å². The second-order valence-corrected chi connectivity index (χ2v) is 6.29. The largest absolute Gasteiger partial charge is 0.394 e. The Labute approximate surface area is 136 Å². The molecule has 0 bridgehead atoms. The van der Waals surface area contributed by atoms with E-state index in [1.165, 1.54) is 32.1 Å². The molecule has 0 unspecified atom stereocenters. The minimum absolute atomic E-state index is 0.0638. The van der Waals surface area contributed by atoms with Crippen LogP contribution in [-0.4, -0.2) is 34.9 Å². The van der Waals surface area contributed by atoms with Crippen molar-refractivity contribution in [2.24, 2.45) is 0 Å². The number of aliphatic hydroxyl groups excluding tert-OH is 2. The Kier molecular flexibility index (Phi) is 14.9. The van der Waals surface area contributed by atoms with Crippen LogP contribution in [0.25, 0.3) is 0 Å². The zero-order chi connectivity index (χ0) is 16.6. The first-order valence-electron chi connectivity index (χ1n) is 9.23. The first-order valence-corrected chi connectivity index (χ1v) is 9.23. The lowest BCUT2D eigenvalue weighted by atomic mass is 10.0. The molecule has 3 N–H and O–H groups in total. The average molecular weight is 315 g/mol. The van der Waals surface area contributed by atoms with Crippen LogP contribution in [0.1, 0.15) is 90.9 Å². The van der Waals surface area contributed by atoms with Crippen molar-refractivity contribution in [1.82, 2.24) is 5.32 Å². The summed E-state index contributed by atoms with van der Waals surface area (Å²) in [6.45, 7) is 4.11. The predicted octanol–water partition coefficient (Wildman–Crippen LogP) is 3.55. The zero-order valence-electron chi connectivity index (χ0n) is 14.6. The molecule has 22 heavy (non-hydrogen) atoms. The topological polar surface area (TPSA) is 69.6 Å². The Bertz CT molecular complexity index is 259. The van der Waals surface area contributed by atoms with Gasteiger partial charge in [0, 0.05) is 6.42 Å². The molecule has 0 aliphatic carbocycles. The van der Waals surface area contributed by atoms with E-state index in [1.807, 2.05) is 0 Å². The molecule has 0 aliphatic rings. The van der Waals surface area contributed by atoms with E-state index in [9.17, 15) is 15.0 Å². The fourth-order valence-corrected chi connectivity index (χ4v) is 2.59. The van der Waals surface area contributed by atoms with E-state index in [4.69, 9.17) is 0 Å². The van der Waals surface area contributed by atoms with Crippen LogP contribution in [0.4, 0.5) is 0 Å². The van der Waals surface area contributed by atoms with Crippen LogP contribution in [0, 0.1) is 0 Å². The predicted molar refractivity (Wildman–Crippen MR) is 91.8 cm³/mol. The molecular formula is C18H37NO3. The summed E-state index contributed by atoms with van der Waals surface area (Å²) in [5.41, 5.74) is 0. The number of rotatable bonds is 15. The average Bonchev–Trinajstić information content (AvgIpc) is 2.51. The molecule has 0 rings (SSSR count). The molecule has 0 fully saturated rings. The third kappa shape index (κ3) is 12.0. The zero-order valence-corrected chi connectivity index (χ0v) is 14.6. The van der Waals surface area contributed by atoms with E-state index < -0.39 is 12.1 Å². The number of hydrogen-bond donors (Lipinski definition) is 3. The molecule has 0 saturated heterocycles. The number of unbranched alkanes of at least 4 members (excludes halogenated alkanes) is 8. The molecule has 0 aromatic heterocycles. The Morgan fingerprint density at radius 1 is 0.909 bits per heavy atom. The highest BCUT2D eigenvalue weighted by molar-refractivity contribution is 5.76. The van der Waals surface area contributed by atoms with Gasteiger partial charge in [-0.1, -0.05) is 71.6 Å². The summed E-state index contributed by atoms with van der Waals surface area (Å²) in [4.78, 5) is 11.7. The van der Waals surface area contributed by atoms with Crippen molar-refractivity contribution >= 4 is 5.91 Å². The Balaban J connectivity index is 3.75. The smallest absolute Gasteiger partial charge is 0.220 e. The Morgan fingerprint density at radius 3 is 2.05 bits per heavy atom. The van der Waals surface area contributed by atoms with Gasteiger partial charge in [-0.05, 0) is 12.8 Å². The monoisotopic (exact) mass is 315 g/mol. The van der Waals surface area contributed by atoms with Crippen LogP contribution >= 0.6 is 0 Å². The molecular weight excluding hydrogens is 278 g/mol. The SMILES string of the molecule is CCCCCCCCC[C@H](O)[C@H](CO)NC(=O)CCCCC. The van der Waals surface area contributed by atoms with Gasteiger partial charge in [-0.25, -0.2) is 0 Å². The van der Waals surface area contributed by atoms with Gasteiger partial charge in [0.25, 0.3) is 0 Å². The third-order valence-corrected chi connectivity index (χ3v) is 4.12. The van der Waals surface area contributed by atoms with Crippen molar-refractivity contribution in [3.8, 4) is 0 Å². The minimum atomic E-state index is -0.643. The van der Waals surface area contributed by atoms with E-state index in [0.717, 1.165) is 32.1 Å². The molecule has 132 valence electrons. The quantitative estimate of drug-likeness (QED) is 0.405. The van der Waals surface area contributed by atoms with Gasteiger partial charge >= 0.3 is 0 Å². The second-order valence-electron chi connectivity index (χ2n) is 6.29. The molecule has 0 aromatic rings.